The van der Waals surface area contributed by atoms with Gasteiger partial charge in [0, 0.05) is 30.7 Å². The molecule has 2 atom stereocenters. The molecule has 1 saturated heterocycles. The number of hydrogen-bond acceptors (Lipinski definition) is 4. The molecule has 1 amide bonds. The fourth-order valence-corrected chi connectivity index (χ4v) is 3.53. The average Bonchev–Trinajstić information content (AvgIpc) is 2.69. The third kappa shape index (κ3) is 5.22. The lowest BCUT2D eigenvalue weighted by atomic mass is 10.1. The molecule has 7 heteroatoms. The van der Waals surface area contributed by atoms with E-state index in [9.17, 15) is 14.3 Å². The van der Waals surface area contributed by atoms with Crippen molar-refractivity contribution in [3.8, 4) is 5.75 Å². The highest BCUT2D eigenvalue weighted by Gasteiger charge is 2.33. The van der Waals surface area contributed by atoms with Gasteiger partial charge in [0.05, 0.1) is 12.6 Å². The van der Waals surface area contributed by atoms with Crippen LogP contribution in [0.4, 0.5) is 4.39 Å². The van der Waals surface area contributed by atoms with Gasteiger partial charge in [-0.1, -0.05) is 23.7 Å². The summed E-state index contributed by atoms with van der Waals surface area (Å²) in [6.07, 6.45) is 0. The Bertz CT molecular complexity index is 785. The summed E-state index contributed by atoms with van der Waals surface area (Å²) in [7, 11) is 0. The van der Waals surface area contributed by atoms with Gasteiger partial charge in [0.15, 0.2) is 6.61 Å². The highest BCUT2D eigenvalue weighted by atomic mass is 35.5. The Morgan fingerprint density at radius 3 is 2.50 bits per heavy atom. The van der Waals surface area contributed by atoms with Crippen molar-refractivity contribution >= 4 is 17.5 Å². The van der Waals surface area contributed by atoms with Crippen molar-refractivity contribution in [3.63, 3.8) is 0 Å². The van der Waals surface area contributed by atoms with E-state index in [1.54, 1.807) is 41.3 Å². The van der Waals surface area contributed by atoms with E-state index >= 15 is 0 Å². The number of rotatable bonds is 6. The molecule has 0 aromatic heterocycles. The molecule has 5 nitrogen and oxygen atoms in total. The summed E-state index contributed by atoms with van der Waals surface area (Å²) in [5.41, 5.74) is 0.970. The first-order chi connectivity index (χ1) is 13.5. The van der Waals surface area contributed by atoms with Gasteiger partial charge < -0.3 is 14.7 Å². The van der Waals surface area contributed by atoms with Gasteiger partial charge in [-0.25, -0.2) is 4.39 Å². The van der Waals surface area contributed by atoms with E-state index < -0.39 is 0 Å². The molecule has 0 radical (unpaired) electrons. The van der Waals surface area contributed by atoms with Crippen LogP contribution < -0.4 is 4.74 Å². The number of benzene rings is 2. The number of halogens is 2. The monoisotopic (exact) mass is 406 g/mol. The fraction of sp³-hybridized carbons (Fsp3) is 0.381. The van der Waals surface area contributed by atoms with E-state index in [2.05, 4.69) is 4.90 Å². The number of amides is 1. The summed E-state index contributed by atoms with van der Waals surface area (Å²) in [6.45, 7) is 3.49. The molecular formula is C21H24ClFN2O3. The Morgan fingerprint density at radius 1 is 1.18 bits per heavy atom. The Kier molecular flexibility index (Phi) is 6.88. The predicted octanol–water partition coefficient (Wildman–Crippen LogP) is 2.95. The van der Waals surface area contributed by atoms with Crippen molar-refractivity contribution in [2.24, 2.45) is 0 Å². The predicted molar refractivity (Wildman–Crippen MR) is 106 cm³/mol. The van der Waals surface area contributed by atoms with E-state index in [1.165, 1.54) is 12.1 Å². The molecule has 2 aromatic rings. The zero-order valence-electron chi connectivity index (χ0n) is 15.7. The first kappa shape index (κ1) is 20.6. The molecule has 2 unspecified atom stereocenters. The van der Waals surface area contributed by atoms with Crippen molar-refractivity contribution in [2.75, 3.05) is 26.3 Å². The minimum atomic E-state index is -0.271. The van der Waals surface area contributed by atoms with Crippen LogP contribution in [0.1, 0.15) is 12.5 Å². The van der Waals surface area contributed by atoms with E-state index in [4.69, 9.17) is 16.3 Å². The van der Waals surface area contributed by atoms with Crippen LogP contribution in [0.3, 0.4) is 0 Å². The zero-order chi connectivity index (χ0) is 20.1. The summed E-state index contributed by atoms with van der Waals surface area (Å²) in [4.78, 5) is 16.5. The van der Waals surface area contributed by atoms with Crippen molar-refractivity contribution < 1.29 is 19.0 Å². The topological polar surface area (TPSA) is 53.0 Å². The number of aliphatic hydroxyl groups is 1. The maximum atomic E-state index is 13.1. The highest BCUT2D eigenvalue weighted by Crippen LogP contribution is 2.20. The standard InChI is InChI=1S/C21H24ClFN2O3/c1-15-10-24(11-16-2-6-18(23)7-3-16)19(13-26)12-25(15)21(27)14-28-20-8-4-17(22)5-9-20/h2-9,15,19,26H,10-14H2,1H3. The van der Waals surface area contributed by atoms with Crippen LogP contribution in [-0.2, 0) is 11.3 Å². The molecule has 1 heterocycles. The maximum absolute atomic E-state index is 13.1. The minimum Gasteiger partial charge on any atom is -0.484 e. The quantitative estimate of drug-likeness (QED) is 0.801. The number of ether oxygens (including phenoxy) is 1. The van der Waals surface area contributed by atoms with Crippen LogP contribution >= 0.6 is 11.6 Å². The first-order valence-corrected chi connectivity index (χ1v) is 9.61. The fourth-order valence-electron chi connectivity index (χ4n) is 3.41. The number of piperazine rings is 1. The minimum absolute atomic E-state index is 0.0235. The molecule has 0 saturated carbocycles. The Morgan fingerprint density at radius 2 is 1.86 bits per heavy atom. The van der Waals surface area contributed by atoms with Crippen LogP contribution in [0.25, 0.3) is 0 Å². The summed E-state index contributed by atoms with van der Waals surface area (Å²) in [5, 5.41) is 10.4. The van der Waals surface area contributed by atoms with Crippen LogP contribution in [0.2, 0.25) is 5.02 Å². The number of carbonyl (C=O) groups is 1. The summed E-state index contributed by atoms with van der Waals surface area (Å²) in [5.74, 6) is 0.188. The van der Waals surface area contributed by atoms with Crippen LogP contribution in [0.5, 0.6) is 5.75 Å². The maximum Gasteiger partial charge on any atom is 0.260 e. The van der Waals surface area contributed by atoms with Gasteiger partial charge in [0.2, 0.25) is 0 Å². The first-order valence-electron chi connectivity index (χ1n) is 9.23. The highest BCUT2D eigenvalue weighted by molar-refractivity contribution is 6.30. The number of carbonyl (C=O) groups excluding carboxylic acids is 1. The zero-order valence-corrected chi connectivity index (χ0v) is 16.5. The second-order valence-electron chi connectivity index (χ2n) is 7.03. The molecule has 0 spiro atoms. The lowest BCUT2D eigenvalue weighted by molar-refractivity contribution is -0.140. The molecule has 0 aliphatic carbocycles. The molecule has 1 aliphatic heterocycles. The van der Waals surface area contributed by atoms with E-state index in [1.807, 2.05) is 6.92 Å². The molecule has 3 rings (SSSR count). The Hall–Kier alpha value is -2.15. The molecular weight excluding hydrogens is 383 g/mol. The summed E-state index contributed by atoms with van der Waals surface area (Å²) < 4.78 is 18.7. The van der Waals surface area contributed by atoms with Gasteiger partial charge in [-0.2, -0.15) is 0 Å². The van der Waals surface area contributed by atoms with Crippen LogP contribution in [0.15, 0.2) is 48.5 Å². The second-order valence-corrected chi connectivity index (χ2v) is 7.47. The lowest BCUT2D eigenvalue weighted by Gasteiger charge is -2.44. The Balaban J connectivity index is 1.59. The van der Waals surface area contributed by atoms with Crippen LogP contribution in [-0.4, -0.2) is 59.2 Å². The number of hydrogen-bond donors (Lipinski definition) is 1. The summed E-state index contributed by atoms with van der Waals surface area (Å²) in [6, 6.07) is 13.0. The van der Waals surface area contributed by atoms with E-state index in [0.29, 0.717) is 30.4 Å². The van der Waals surface area contributed by atoms with Gasteiger partial charge in [0.1, 0.15) is 11.6 Å². The number of nitrogens with zero attached hydrogens (tertiary/aromatic N) is 2. The lowest BCUT2D eigenvalue weighted by Crippen LogP contribution is -2.60. The SMILES string of the molecule is CC1CN(Cc2ccc(F)cc2)C(CO)CN1C(=O)COc1ccc(Cl)cc1. The largest absolute Gasteiger partial charge is 0.484 e. The average molecular weight is 407 g/mol. The van der Waals surface area contributed by atoms with Crippen LogP contribution in [0, 0.1) is 5.82 Å². The van der Waals surface area contributed by atoms with Gasteiger partial charge in [0.25, 0.3) is 5.91 Å². The third-order valence-electron chi connectivity index (χ3n) is 4.96. The molecule has 1 aliphatic rings. The van der Waals surface area contributed by atoms with E-state index in [-0.39, 0.29) is 37.0 Å². The molecule has 2 aromatic carbocycles. The van der Waals surface area contributed by atoms with Gasteiger partial charge in [-0.15, -0.1) is 0 Å². The normalized spacial score (nSPS) is 20.2. The molecule has 0 bridgehead atoms. The summed E-state index contributed by atoms with van der Waals surface area (Å²) >= 11 is 5.85. The van der Waals surface area contributed by atoms with E-state index in [0.717, 1.165) is 5.56 Å². The van der Waals surface area contributed by atoms with Gasteiger partial charge >= 0.3 is 0 Å². The van der Waals surface area contributed by atoms with Crippen molar-refractivity contribution in [3.05, 3.63) is 64.9 Å². The van der Waals surface area contributed by atoms with Gasteiger partial charge in [-0.3, -0.25) is 9.69 Å². The van der Waals surface area contributed by atoms with Crippen molar-refractivity contribution in [1.29, 1.82) is 0 Å². The van der Waals surface area contributed by atoms with Gasteiger partial charge in [-0.05, 0) is 48.9 Å². The molecule has 150 valence electrons. The molecule has 28 heavy (non-hydrogen) atoms. The molecule has 1 fully saturated rings. The number of aliphatic hydroxyl groups excluding tert-OH is 1. The third-order valence-corrected chi connectivity index (χ3v) is 5.21. The van der Waals surface area contributed by atoms with Crippen molar-refractivity contribution in [1.82, 2.24) is 9.80 Å². The second kappa shape index (κ2) is 9.37. The Labute approximate surface area is 169 Å². The van der Waals surface area contributed by atoms with Crippen molar-refractivity contribution in [2.45, 2.75) is 25.6 Å². The molecule has 1 N–H and O–H groups in total. The smallest absolute Gasteiger partial charge is 0.260 e.